The number of aliphatic hydroxyl groups excluding tert-OH is 1. The topological polar surface area (TPSA) is 64.0 Å². The highest BCUT2D eigenvalue weighted by molar-refractivity contribution is 6.03. The van der Waals surface area contributed by atoms with Gasteiger partial charge in [0.05, 0.1) is 11.4 Å². The molecule has 1 heterocycles. The molecule has 1 unspecified atom stereocenters. The summed E-state index contributed by atoms with van der Waals surface area (Å²) in [6.07, 6.45) is -0.880. The predicted molar refractivity (Wildman–Crippen MR) is 79.2 cm³/mol. The number of anilines is 2. The summed E-state index contributed by atoms with van der Waals surface area (Å²) in [5, 5.41) is 20.3. The Morgan fingerprint density at radius 2 is 1.57 bits per heavy atom. The summed E-state index contributed by atoms with van der Waals surface area (Å²) in [7, 11) is 0. The number of para-hydroxylation sites is 2. The monoisotopic (exact) mass is 284 g/mol. The van der Waals surface area contributed by atoms with E-state index in [2.05, 4.69) is 0 Å². The van der Waals surface area contributed by atoms with Crippen molar-refractivity contribution in [3.8, 4) is 0 Å². The summed E-state index contributed by atoms with van der Waals surface area (Å²) >= 11 is 0. The van der Waals surface area contributed by atoms with E-state index in [1.165, 1.54) is 4.90 Å². The van der Waals surface area contributed by atoms with Crippen LogP contribution in [-0.2, 0) is 11.2 Å². The van der Waals surface area contributed by atoms with Gasteiger partial charge in [0.15, 0.2) is 0 Å². The lowest BCUT2D eigenvalue weighted by molar-refractivity contribution is -0.130. The van der Waals surface area contributed by atoms with Crippen LogP contribution < -0.4 is 9.96 Å². The SMILES string of the molecule is O=C1C(O)N(O)c2ccccc2N1CCc1ccccc1. The highest BCUT2D eigenvalue weighted by atomic mass is 16.5. The first kappa shape index (κ1) is 13.6. The smallest absolute Gasteiger partial charge is 0.279 e. The molecule has 0 aliphatic carbocycles. The molecular formula is C16H16N2O3. The van der Waals surface area contributed by atoms with E-state index in [1.54, 1.807) is 24.3 Å². The third-order valence-electron chi connectivity index (χ3n) is 3.60. The lowest BCUT2D eigenvalue weighted by Gasteiger charge is -2.36. The molecule has 1 aliphatic heterocycles. The first-order valence-corrected chi connectivity index (χ1v) is 6.79. The lowest BCUT2D eigenvalue weighted by atomic mass is 10.1. The van der Waals surface area contributed by atoms with Crippen LogP contribution >= 0.6 is 0 Å². The molecule has 0 spiro atoms. The molecule has 1 atom stereocenters. The van der Waals surface area contributed by atoms with Crippen LogP contribution in [0.4, 0.5) is 11.4 Å². The molecule has 21 heavy (non-hydrogen) atoms. The van der Waals surface area contributed by atoms with E-state index < -0.39 is 12.1 Å². The summed E-state index contributed by atoms with van der Waals surface area (Å²) in [5.74, 6) is -0.521. The minimum atomic E-state index is -1.56. The molecule has 0 saturated carbocycles. The number of hydrogen-bond acceptors (Lipinski definition) is 4. The van der Waals surface area contributed by atoms with Crippen molar-refractivity contribution in [2.45, 2.75) is 12.6 Å². The Hall–Kier alpha value is -2.37. The lowest BCUT2D eigenvalue weighted by Crippen LogP contribution is -2.52. The molecular weight excluding hydrogens is 268 g/mol. The largest absolute Gasteiger partial charge is 0.364 e. The molecule has 1 amide bonds. The van der Waals surface area contributed by atoms with Gasteiger partial charge in [0, 0.05) is 6.54 Å². The van der Waals surface area contributed by atoms with Crippen LogP contribution in [0.5, 0.6) is 0 Å². The van der Waals surface area contributed by atoms with Gasteiger partial charge in [0.2, 0.25) is 6.23 Å². The van der Waals surface area contributed by atoms with E-state index >= 15 is 0 Å². The van der Waals surface area contributed by atoms with Gasteiger partial charge in [-0.2, -0.15) is 0 Å². The Kier molecular flexibility index (Phi) is 3.60. The maximum atomic E-state index is 12.2. The molecule has 108 valence electrons. The first-order valence-electron chi connectivity index (χ1n) is 6.79. The van der Waals surface area contributed by atoms with Crippen molar-refractivity contribution in [3.63, 3.8) is 0 Å². The van der Waals surface area contributed by atoms with Gasteiger partial charge < -0.3 is 10.0 Å². The van der Waals surface area contributed by atoms with Crippen molar-refractivity contribution in [2.75, 3.05) is 16.5 Å². The number of benzene rings is 2. The molecule has 0 fully saturated rings. The zero-order valence-electron chi connectivity index (χ0n) is 11.4. The second-order valence-electron chi connectivity index (χ2n) is 4.93. The Labute approximate surface area is 122 Å². The third-order valence-corrected chi connectivity index (χ3v) is 3.60. The van der Waals surface area contributed by atoms with Gasteiger partial charge in [-0.15, -0.1) is 0 Å². The van der Waals surface area contributed by atoms with E-state index in [1.807, 2.05) is 30.3 Å². The fourth-order valence-corrected chi connectivity index (χ4v) is 2.50. The highest BCUT2D eigenvalue weighted by Crippen LogP contribution is 2.34. The molecule has 2 aromatic rings. The van der Waals surface area contributed by atoms with Gasteiger partial charge in [-0.1, -0.05) is 42.5 Å². The summed E-state index contributed by atoms with van der Waals surface area (Å²) in [5.41, 5.74) is 2.15. The van der Waals surface area contributed by atoms with Crippen LogP contribution in [0, 0.1) is 0 Å². The predicted octanol–water partition coefficient (Wildman–Crippen LogP) is 1.79. The first-order chi connectivity index (χ1) is 10.2. The van der Waals surface area contributed by atoms with Crippen molar-refractivity contribution < 1.29 is 15.1 Å². The zero-order chi connectivity index (χ0) is 14.8. The maximum absolute atomic E-state index is 12.2. The Morgan fingerprint density at radius 3 is 2.29 bits per heavy atom. The Balaban J connectivity index is 1.87. The molecule has 0 bridgehead atoms. The summed E-state index contributed by atoms with van der Waals surface area (Å²) in [4.78, 5) is 13.7. The second-order valence-corrected chi connectivity index (χ2v) is 4.93. The standard InChI is InChI=1S/C16H16N2O3/c19-15-16(20)18(21)14-9-5-4-8-13(14)17(15)11-10-12-6-2-1-3-7-12/h1-9,16,20-21H,10-11H2. The quantitative estimate of drug-likeness (QED) is 0.902. The third kappa shape index (κ3) is 2.49. The Morgan fingerprint density at radius 1 is 0.952 bits per heavy atom. The van der Waals surface area contributed by atoms with Crippen LogP contribution in [-0.4, -0.2) is 29.0 Å². The number of hydroxylamine groups is 1. The van der Waals surface area contributed by atoms with Crippen molar-refractivity contribution in [3.05, 3.63) is 60.2 Å². The normalized spacial score (nSPS) is 17.8. The number of nitrogens with zero attached hydrogens (tertiary/aromatic N) is 2. The fraction of sp³-hybridized carbons (Fsp3) is 0.188. The molecule has 0 radical (unpaired) electrons. The van der Waals surface area contributed by atoms with Crippen molar-refractivity contribution in [1.82, 2.24) is 0 Å². The molecule has 0 aromatic heterocycles. The average molecular weight is 284 g/mol. The Bertz CT molecular complexity index is 645. The maximum Gasteiger partial charge on any atom is 0.279 e. The van der Waals surface area contributed by atoms with E-state index in [0.717, 1.165) is 5.56 Å². The molecule has 2 N–H and O–H groups in total. The van der Waals surface area contributed by atoms with Gasteiger partial charge in [-0.3, -0.25) is 10.0 Å². The van der Waals surface area contributed by atoms with Crippen LogP contribution in [0.2, 0.25) is 0 Å². The summed E-state index contributed by atoms with van der Waals surface area (Å²) in [6.45, 7) is 0.449. The van der Waals surface area contributed by atoms with Crippen molar-refractivity contribution in [2.24, 2.45) is 0 Å². The number of aliphatic hydroxyl groups is 1. The summed E-state index contributed by atoms with van der Waals surface area (Å²) < 4.78 is 0. The van der Waals surface area contributed by atoms with E-state index in [0.29, 0.717) is 29.4 Å². The van der Waals surface area contributed by atoms with Gasteiger partial charge in [0.25, 0.3) is 5.91 Å². The number of carbonyl (C=O) groups is 1. The van der Waals surface area contributed by atoms with E-state index in [9.17, 15) is 15.1 Å². The fourth-order valence-electron chi connectivity index (χ4n) is 2.50. The van der Waals surface area contributed by atoms with Crippen LogP contribution in [0.15, 0.2) is 54.6 Å². The van der Waals surface area contributed by atoms with Gasteiger partial charge >= 0.3 is 0 Å². The number of carbonyl (C=O) groups excluding carboxylic acids is 1. The molecule has 3 rings (SSSR count). The number of amides is 1. The van der Waals surface area contributed by atoms with Crippen molar-refractivity contribution in [1.29, 1.82) is 0 Å². The van der Waals surface area contributed by atoms with Gasteiger partial charge in [0.1, 0.15) is 0 Å². The highest BCUT2D eigenvalue weighted by Gasteiger charge is 2.36. The van der Waals surface area contributed by atoms with E-state index in [4.69, 9.17) is 0 Å². The van der Waals surface area contributed by atoms with Crippen LogP contribution in [0.3, 0.4) is 0 Å². The zero-order valence-corrected chi connectivity index (χ0v) is 11.4. The minimum absolute atomic E-state index is 0.428. The molecule has 2 aromatic carbocycles. The minimum Gasteiger partial charge on any atom is -0.364 e. The van der Waals surface area contributed by atoms with Gasteiger partial charge in [-0.05, 0) is 24.1 Å². The average Bonchev–Trinajstić information content (AvgIpc) is 2.54. The molecule has 1 aliphatic rings. The van der Waals surface area contributed by atoms with Gasteiger partial charge in [-0.25, -0.2) is 5.06 Å². The van der Waals surface area contributed by atoms with Crippen LogP contribution in [0.25, 0.3) is 0 Å². The van der Waals surface area contributed by atoms with Crippen molar-refractivity contribution >= 4 is 17.3 Å². The number of hydrogen-bond donors (Lipinski definition) is 2. The van der Waals surface area contributed by atoms with E-state index in [-0.39, 0.29) is 0 Å². The number of fused-ring (bicyclic) bond motifs is 1. The summed E-state index contributed by atoms with van der Waals surface area (Å²) in [6, 6.07) is 16.8. The van der Waals surface area contributed by atoms with Crippen LogP contribution in [0.1, 0.15) is 5.56 Å². The second kappa shape index (κ2) is 5.55. The molecule has 5 nitrogen and oxygen atoms in total. The number of rotatable bonds is 3. The molecule has 0 saturated heterocycles. The molecule has 5 heteroatoms.